The third-order valence-corrected chi connectivity index (χ3v) is 7.76. The fourth-order valence-corrected chi connectivity index (χ4v) is 2.49. The lowest BCUT2D eigenvalue weighted by Crippen LogP contribution is -2.44. The smallest absolute Gasteiger partial charge is 0.192 e. The van der Waals surface area contributed by atoms with Crippen LogP contribution in [0.25, 0.3) is 0 Å². The lowest BCUT2D eigenvalue weighted by molar-refractivity contribution is 0.188. The Morgan fingerprint density at radius 1 is 1.40 bits per heavy atom. The molecule has 0 radical (unpaired) electrons. The Morgan fingerprint density at radius 3 is 2.13 bits per heavy atom. The fraction of sp³-hybridized carbons (Fsp3) is 0.833. The Kier molecular flexibility index (Phi) is 5.24. The Bertz CT molecular complexity index is 216. The van der Waals surface area contributed by atoms with Gasteiger partial charge in [-0.1, -0.05) is 34.3 Å². The molecule has 0 saturated heterocycles. The van der Waals surface area contributed by atoms with Crippen LogP contribution in [-0.2, 0) is 4.43 Å². The third-order valence-electron chi connectivity index (χ3n) is 3.27. The molecule has 1 N–H and O–H groups in total. The van der Waals surface area contributed by atoms with Crippen molar-refractivity contribution >= 4 is 8.32 Å². The number of aliphatic hydroxyl groups excluding tert-OH is 1. The van der Waals surface area contributed by atoms with E-state index in [1.54, 1.807) is 0 Å². The van der Waals surface area contributed by atoms with E-state index >= 15 is 0 Å². The molecule has 0 heterocycles. The van der Waals surface area contributed by atoms with Crippen molar-refractivity contribution in [2.45, 2.75) is 58.4 Å². The first-order valence-electron chi connectivity index (χ1n) is 5.62. The molecule has 0 aliphatic rings. The van der Waals surface area contributed by atoms with Crippen molar-refractivity contribution in [2.24, 2.45) is 0 Å². The molecule has 0 aliphatic carbocycles. The van der Waals surface area contributed by atoms with Crippen LogP contribution in [0.1, 0.15) is 34.1 Å². The molecule has 0 rings (SSSR count). The molecule has 0 aromatic heterocycles. The van der Waals surface area contributed by atoms with E-state index in [2.05, 4.69) is 47.4 Å². The number of rotatable bonds is 5. The molecular weight excluding hydrogens is 204 g/mol. The SMILES string of the molecule is C=C(CO)[C@H](CC)O[Si](C)(C)C(C)(C)C. The molecule has 0 unspecified atom stereocenters. The number of hydrogen-bond donors (Lipinski definition) is 1. The van der Waals surface area contributed by atoms with Gasteiger partial charge in [-0.2, -0.15) is 0 Å². The van der Waals surface area contributed by atoms with E-state index < -0.39 is 8.32 Å². The maximum absolute atomic E-state index is 9.07. The minimum atomic E-state index is -1.74. The van der Waals surface area contributed by atoms with Gasteiger partial charge in [-0.25, -0.2) is 0 Å². The second kappa shape index (κ2) is 5.28. The van der Waals surface area contributed by atoms with Gasteiger partial charge in [0.25, 0.3) is 0 Å². The van der Waals surface area contributed by atoms with Crippen LogP contribution < -0.4 is 0 Å². The first-order chi connectivity index (χ1) is 6.65. The van der Waals surface area contributed by atoms with E-state index in [0.717, 1.165) is 12.0 Å². The van der Waals surface area contributed by atoms with Crippen LogP contribution in [0.15, 0.2) is 12.2 Å². The topological polar surface area (TPSA) is 29.5 Å². The van der Waals surface area contributed by atoms with Crippen LogP contribution in [0.2, 0.25) is 18.1 Å². The number of hydrogen-bond acceptors (Lipinski definition) is 2. The zero-order valence-corrected chi connectivity index (χ0v) is 12.1. The largest absolute Gasteiger partial charge is 0.410 e. The molecule has 2 nitrogen and oxygen atoms in total. The predicted octanol–water partition coefficient (Wildman–Crippen LogP) is 3.34. The summed E-state index contributed by atoms with van der Waals surface area (Å²) < 4.78 is 6.18. The summed E-state index contributed by atoms with van der Waals surface area (Å²) in [7, 11) is -1.74. The van der Waals surface area contributed by atoms with Gasteiger partial charge in [0.05, 0.1) is 12.7 Å². The van der Waals surface area contributed by atoms with Crippen LogP contribution in [-0.4, -0.2) is 26.1 Å². The molecular formula is C12H26O2Si. The molecule has 0 saturated carbocycles. The van der Waals surface area contributed by atoms with Crippen LogP contribution in [0, 0.1) is 0 Å². The van der Waals surface area contributed by atoms with Crippen molar-refractivity contribution in [3.05, 3.63) is 12.2 Å². The zero-order valence-electron chi connectivity index (χ0n) is 11.1. The van der Waals surface area contributed by atoms with Crippen LogP contribution in [0.4, 0.5) is 0 Å². The van der Waals surface area contributed by atoms with Gasteiger partial charge in [0.15, 0.2) is 8.32 Å². The van der Waals surface area contributed by atoms with Crippen LogP contribution in [0.5, 0.6) is 0 Å². The van der Waals surface area contributed by atoms with E-state index in [4.69, 9.17) is 9.53 Å². The summed E-state index contributed by atoms with van der Waals surface area (Å²) in [5.74, 6) is 0. The summed E-state index contributed by atoms with van der Waals surface area (Å²) in [5, 5.41) is 9.28. The maximum atomic E-state index is 9.07. The Morgan fingerprint density at radius 2 is 1.87 bits per heavy atom. The summed E-state index contributed by atoms with van der Waals surface area (Å²) in [6, 6.07) is 0. The van der Waals surface area contributed by atoms with Crippen LogP contribution >= 0.6 is 0 Å². The molecule has 0 spiro atoms. The fourth-order valence-electron chi connectivity index (χ4n) is 1.09. The zero-order chi connectivity index (χ0) is 12.3. The molecule has 1 atom stereocenters. The van der Waals surface area contributed by atoms with E-state index in [-0.39, 0.29) is 17.7 Å². The molecule has 0 amide bonds. The summed E-state index contributed by atoms with van der Waals surface area (Å²) >= 11 is 0. The highest BCUT2D eigenvalue weighted by Gasteiger charge is 2.39. The van der Waals surface area contributed by atoms with Gasteiger partial charge in [0.2, 0.25) is 0 Å². The molecule has 15 heavy (non-hydrogen) atoms. The molecule has 0 aliphatic heterocycles. The molecule has 0 bridgehead atoms. The highest BCUT2D eigenvalue weighted by atomic mass is 28.4. The standard InChI is InChI=1S/C12H26O2Si/c1-8-11(10(2)9-13)14-15(6,7)12(3,4)5/h11,13H,2,8-9H2,1,3-7H3/t11-/m0/s1. The average Bonchev–Trinajstić information content (AvgIpc) is 2.11. The first kappa shape index (κ1) is 14.9. The van der Waals surface area contributed by atoms with Crippen molar-refractivity contribution in [3.63, 3.8) is 0 Å². The molecule has 0 aromatic carbocycles. The summed E-state index contributed by atoms with van der Waals surface area (Å²) in [6.07, 6.45) is 0.891. The van der Waals surface area contributed by atoms with Gasteiger partial charge in [-0.3, -0.25) is 0 Å². The van der Waals surface area contributed by atoms with E-state index in [1.165, 1.54) is 0 Å². The summed E-state index contributed by atoms with van der Waals surface area (Å²) in [5.41, 5.74) is 0.794. The van der Waals surface area contributed by atoms with Gasteiger partial charge >= 0.3 is 0 Å². The molecule has 90 valence electrons. The van der Waals surface area contributed by atoms with E-state index in [0.29, 0.717) is 0 Å². The summed E-state index contributed by atoms with van der Waals surface area (Å²) in [6.45, 7) is 17.0. The van der Waals surface area contributed by atoms with Crippen molar-refractivity contribution in [1.82, 2.24) is 0 Å². The number of aliphatic hydroxyl groups is 1. The van der Waals surface area contributed by atoms with E-state index in [1.807, 2.05) is 0 Å². The van der Waals surface area contributed by atoms with Gasteiger partial charge in [0.1, 0.15) is 0 Å². The quantitative estimate of drug-likeness (QED) is 0.580. The van der Waals surface area contributed by atoms with Crippen molar-refractivity contribution in [3.8, 4) is 0 Å². The lowest BCUT2D eigenvalue weighted by Gasteiger charge is -2.39. The van der Waals surface area contributed by atoms with Gasteiger partial charge in [0, 0.05) is 0 Å². The van der Waals surface area contributed by atoms with Crippen molar-refractivity contribution < 1.29 is 9.53 Å². The predicted molar refractivity (Wildman–Crippen MR) is 68.6 cm³/mol. The average molecular weight is 230 g/mol. The van der Waals surface area contributed by atoms with Crippen LogP contribution in [0.3, 0.4) is 0 Å². The van der Waals surface area contributed by atoms with E-state index in [9.17, 15) is 0 Å². The summed E-state index contributed by atoms with van der Waals surface area (Å²) in [4.78, 5) is 0. The first-order valence-corrected chi connectivity index (χ1v) is 8.53. The van der Waals surface area contributed by atoms with Crippen molar-refractivity contribution in [1.29, 1.82) is 0 Å². The Balaban J connectivity index is 4.62. The second-order valence-corrected chi connectivity index (χ2v) is 10.3. The minimum Gasteiger partial charge on any atom is -0.410 e. The maximum Gasteiger partial charge on any atom is 0.192 e. The Labute approximate surface area is 95.5 Å². The molecule has 0 aromatic rings. The monoisotopic (exact) mass is 230 g/mol. The highest BCUT2D eigenvalue weighted by Crippen LogP contribution is 2.38. The van der Waals surface area contributed by atoms with Gasteiger partial charge in [-0.05, 0) is 30.1 Å². The third kappa shape index (κ3) is 4.09. The van der Waals surface area contributed by atoms with Gasteiger partial charge in [-0.15, -0.1) is 0 Å². The normalized spacial score (nSPS) is 15.1. The molecule has 0 fully saturated rings. The second-order valence-electron chi connectivity index (χ2n) is 5.59. The molecule has 3 heteroatoms. The Hall–Kier alpha value is -0.123. The lowest BCUT2D eigenvalue weighted by atomic mass is 10.1. The highest BCUT2D eigenvalue weighted by molar-refractivity contribution is 6.74. The van der Waals surface area contributed by atoms with Crippen molar-refractivity contribution in [2.75, 3.05) is 6.61 Å². The minimum absolute atomic E-state index is 0.0101. The van der Waals surface area contributed by atoms with Gasteiger partial charge < -0.3 is 9.53 Å².